The van der Waals surface area contributed by atoms with Crippen LogP contribution in [0.5, 0.6) is 0 Å². The van der Waals surface area contributed by atoms with Crippen molar-refractivity contribution in [3.8, 4) is 0 Å². The van der Waals surface area contributed by atoms with Crippen molar-refractivity contribution >= 4 is 40.6 Å². The summed E-state index contributed by atoms with van der Waals surface area (Å²) in [5.74, 6) is 0.649. The molecular weight excluding hydrogens is 378 g/mol. The lowest BCUT2D eigenvalue weighted by Gasteiger charge is -2.29. The quantitative estimate of drug-likeness (QED) is 0.682. The van der Waals surface area contributed by atoms with Crippen LogP contribution in [0.4, 0.5) is 27.7 Å². The fraction of sp³-hybridized carbons (Fsp3) is 0.450. The molecular formula is C20H26ClN5O2. The molecule has 2 N–H and O–H groups in total. The zero-order valence-corrected chi connectivity index (χ0v) is 17.2. The summed E-state index contributed by atoms with van der Waals surface area (Å²) in [6, 6.07) is 7.36. The van der Waals surface area contributed by atoms with E-state index in [-0.39, 0.29) is 5.28 Å². The normalized spacial score (nSPS) is 14.5. The smallest absolute Gasteiger partial charge is 0.412 e. The second-order valence-corrected chi connectivity index (χ2v) is 8.09. The SMILES string of the molecule is CC(C)(C)OC(=O)Nc1cccc(Nc2nc(Cl)ncc2N2CCCCC2)c1. The van der Waals surface area contributed by atoms with Gasteiger partial charge in [0.2, 0.25) is 5.28 Å². The van der Waals surface area contributed by atoms with Crippen LogP contribution < -0.4 is 15.5 Å². The van der Waals surface area contributed by atoms with Gasteiger partial charge in [0.15, 0.2) is 5.82 Å². The summed E-state index contributed by atoms with van der Waals surface area (Å²) in [6.45, 7) is 7.42. The average molecular weight is 404 g/mol. The largest absolute Gasteiger partial charge is 0.444 e. The highest BCUT2D eigenvalue weighted by atomic mass is 35.5. The lowest BCUT2D eigenvalue weighted by molar-refractivity contribution is 0.0636. The van der Waals surface area contributed by atoms with E-state index in [0.29, 0.717) is 11.5 Å². The van der Waals surface area contributed by atoms with Crippen LogP contribution >= 0.6 is 11.6 Å². The molecule has 1 fully saturated rings. The Balaban J connectivity index is 1.77. The summed E-state index contributed by atoms with van der Waals surface area (Å²) in [6.07, 6.45) is 4.80. The standard InChI is InChI=1S/C20H26ClN5O2/c1-20(2,3)28-19(27)24-15-9-7-8-14(12-15)23-17-16(13-22-18(21)25-17)26-10-5-4-6-11-26/h7-9,12-13H,4-6,10-11H2,1-3H3,(H,24,27)(H,22,23,25). The van der Waals surface area contributed by atoms with Gasteiger partial charge in [-0.2, -0.15) is 4.98 Å². The van der Waals surface area contributed by atoms with Crippen LogP contribution in [-0.2, 0) is 4.74 Å². The molecule has 1 aliphatic heterocycles. The third-order valence-electron chi connectivity index (χ3n) is 4.21. The highest BCUT2D eigenvalue weighted by molar-refractivity contribution is 6.28. The number of piperidine rings is 1. The number of nitrogens with one attached hydrogen (secondary N) is 2. The van der Waals surface area contributed by atoms with Crippen LogP contribution in [0.15, 0.2) is 30.5 Å². The number of hydrogen-bond donors (Lipinski definition) is 2. The van der Waals surface area contributed by atoms with Crippen molar-refractivity contribution in [2.24, 2.45) is 0 Å². The monoisotopic (exact) mass is 403 g/mol. The van der Waals surface area contributed by atoms with Crippen LogP contribution in [0, 0.1) is 0 Å². The molecule has 7 nitrogen and oxygen atoms in total. The molecule has 0 saturated carbocycles. The average Bonchev–Trinajstić information content (AvgIpc) is 2.61. The van der Waals surface area contributed by atoms with E-state index in [0.717, 1.165) is 37.3 Å². The van der Waals surface area contributed by atoms with Gasteiger partial charge in [-0.3, -0.25) is 5.32 Å². The molecule has 1 amide bonds. The van der Waals surface area contributed by atoms with Gasteiger partial charge in [-0.05, 0) is 69.8 Å². The molecule has 2 aromatic rings. The van der Waals surface area contributed by atoms with Crippen LogP contribution in [0.25, 0.3) is 0 Å². The second kappa shape index (κ2) is 8.65. The lowest BCUT2D eigenvalue weighted by Crippen LogP contribution is -2.30. The number of ether oxygens (including phenoxy) is 1. The Bertz CT molecular complexity index is 832. The second-order valence-electron chi connectivity index (χ2n) is 7.75. The predicted octanol–water partition coefficient (Wildman–Crippen LogP) is 5.21. The Kier molecular flexibility index (Phi) is 6.24. The molecule has 0 unspecified atom stereocenters. The molecule has 1 saturated heterocycles. The van der Waals surface area contributed by atoms with E-state index in [2.05, 4.69) is 25.5 Å². The summed E-state index contributed by atoms with van der Waals surface area (Å²) in [5.41, 5.74) is 1.77. The molecule has 2 heterocycles. The Labute approximate surface area is 170 Å². The number of rotatable bonds is 4. The van der Waals surface area contributed by atoms with E-state index in [1.165, 1.54) is 6.42 Å². The van der Waals surface area contributed by atoms with Crippen LogP contribution in [-0.4, -0.2) is 34.8 Å². The van der Waals surface area contributed by atoms with Crippen molar-refractivity contribution in [2.45, 2.75) is 45.6 Å². The van der Waals surface area contributed by atoms with E-state index < -0.39 is 11.7 Å². The molecule has 0 radical (unpaired) electrons. The minimum absolute atomic E-state index is 0.186. The molecule has 8 heteroatoms. The van der Waals surface area contributed by atoms with Gasteiger partial charge < -0.3 is 15.0 Å². The lowest BCUT2D eigenvalue weighted by atomic mass is 10.1. The van der Waals surface area contributed by atoms with E-state index in [1.807, 2.05) is 39.0 Å². The van der Waals surface area contributed by atoms with E-state index in [1.54, 1.807) is 12.3 Å². The number of nitrogens with zero attached hydrogens (tertiary/aromatic N) is 3. The number of hydrogen-bond acceptors (Lipinski definition) is 6. The van der Waals surface area contributed by atoms with Gasteiger partial charge in [-0.1, -0.05) is 6.07 Å². The summed E-state index contributed by atoms with van der Waals surface area (Å²) in [4.78, 5) is 22.8. The molecule has 0 spiro atoms. The van der Waals surface area contributed by atoms with Crippen molar-refractivity contribution in [1.29, 1.82) is 0 Å². The third-order valence-corrected chi connectivity index (χ3v) is 4.39. The van der Waals surface area contributed by atoms with Gasteiger partial charge >= 0.3 is 6.09 Å². The number of carbonyl (C=O) groups is 1. The number of carbonyl (C=O) groups excluding carboxylic acids is 1. The number of aromatic nitrogens is 2. The maximum Gasteiger partial charge on any atom is 0.412 e. The van der Waals surface area contributed by atoms with Crippen molar-refractivity contribution in [3.05, 3.63) is 35.7 Å². The first kappa shape index (κ1) is 20.2. The van der Waals surface area contributed by atoms with E-state index >= 15 is 0 Å². The van der Waals surface area contributed by atoms with Crippen LogP contribution in [0.3, 0.4) is 0 Å². The summed E-state index contributed by atoms with van der Waals surface area (Å²) < 4.78 is 5.30. The topological polar surface area (TPSA) is 79.4 Å². The first-order valence-electron chi connectivity index (χ1n) is 9.45. The Morgan fingerprint density at radius 1 is 1.18 bits per heavy atom. The number of halogens is 1. The van der Waals surface area contributed by atoms with E-state index in [9.17, 15) is 4.79 Å². The zero-order chi connectivity index (χ0) is 20.1. The van der Waals surface area contributed by atoms with Gasteiger partial charge in [0.25, 0.3) is 0 Å². The van der Waals surface area contributed by atoms with Gasteiger partial charge in [-0.15, -0.1) is 0 Å². The number of benzene rings is 1. The number of anilines is 4. The fourth-order valence-electron chi connectivity index (χ4n) is 3.05. The summed E-state index contributed by atoms with van der Waals surface area (Å²) in [7, 11) is 0. The molecule has 0 bridgehead atoms. The fourth-order valence-corrected chi connectivity index (χ4v) is 3.18. The van der Waals surface area contributed by atoms with Crippen LogP contribution in [0.2, 0.25) is 5.28 Å². The maximum absolute atomic E-state index is 12.0. The van der Waals surface area contributed by atoms with Crippen molar-refractivity contribution in [3.63, 3.8) is 0 Å². The van der Waals surface area contributed by atoms with Crippen LogP contribution in [0.1, 0.15) is 40.0 Å². The molecule has 28 heavy (non-hydrogen) atoms. The molecule has 1 aromatic carbocycles. The minimum atomic E-state index is -0.555. The Hall–Kier alpha value is -2.54. The summed E-state index contributed by atoms with van der Waals surface area (Å²) in [5, 5.41) is 6.23. The van der Waals surface area contributed by atoms with Gasteiger partial charge in [0.05, 0.1) is 11.9 Å². The number of amides is 1. The molecule has 1 aliphatic rings. The Morgan fingerprint density at radius 2 is 1.89 bits per heavy atom. The first-order valence-corrected chi connectivity index (χ1v) is 9.82. The van der Waals surface area contributed by atoms with Crippen molar-refractivity contribution in [2.75, 3.05) is 28.6 Å². The zero-order valence-electron chi connectivity index (χ0n) is 16.5. The van der Waals surface area contributed by atoms with E-state index in [4.69, 9.17) is 16.3 Å². The molecule has 3 rings (SSSR count). The van der Waals surface area contributed by atoms with Gasteiger partial charge in [0.1, 0.15) is 5.60 Å². The van der Waals surface area contributed by atoms with Crippen molar-refractivity contribution in [1.82, 2.24) is 9.97 Å². The Morgan fingerprint density at radius 3 is 2.61 bits per heavy atom. The van der Waals surface area contributed by atoms with Crippen molar-refractivity contribution < 1.29 is 9.53 Å². The molecule has 0 atom stereocenters. The highest BCUT2D eigenvalue weighted by Crippen LogP contribution is 2.30. The predicted molar refractivity (Wildman–Crippen MR) is 113 cm³/mol. The highest BCUT2D eigenvalue weighted by Gasteiger charge is 2.18. The first-order chi connectivity index (χ1) is 13.3. The molecule has 1 aromatic heterocycles. The maximum atomic E-state index is 12.0. The van der Waals surface area contributed by atoms with Gasteiger partial charge in [-0.25, -0.2) is 9.78 Å². The minimum Gasteiger partial charge on any atom is -0.444 e. The third kappa shape index (κ3) is 5.73. The van der Waals surface area contributed by atoms with Gasteiger partial charge in [0, 0.05) is 24.5 Å². The molecule has 0 aliphatic carbocycles. The molecule has 150 valence electrons. The summed E-state index contributed by atoms with van der Waals surface area (Å²) >= 11 is 6.03.